The Labute approximate surface area is 195 Å². The number of pyridine rings is 1. The third-order valence-electron chi connectivity index (χ3n) is 5.04. The van der Waals surface area contributed by atoms with Gasteiger partial charge in [-0.2, -0.15) is 0 Å². The second-order valence-corrected chi connectivity index (χ2v) is 7.64. The van der Waals surface area contributed by atoms with Crippen LogP contribution < -0.4 is 16.0 Å². The van der Waals surface area contributed by atoms with E-state index in [1.165, 1.54) is 0 Å². The van der Waals surface area contributed by atoms with Crippen LogP contribution in [0, 0.1) is 6.92 Å². The molecule has 0 aliphatic rings. The second-order valence-electron chi connectivity index (χ2n) is 7.64. The van der Waals surface area contributed by atoms with Gasteiger partial charge in [0, 0.05) is 23.6 Å². The van der Waals surface area contributed by atoms with E-state index < -0.39 is 0 Å². The summed E-state index contributed by atoms with van der Waals surface area (Å²) in [6.45, 7) is 2.02. The summed E-state index contributed by atoms with van der Waals surface area (Å²) in [5.41, 5.74) is 3.33. The molecule has 3 heterocycles. The summed E-state index contributed by atoms with van der Waals surface area (Å²) in [7, 11) is 0. The van der Waals surface area contributed by atoms with Crippen LogP contribution in [-0.2, 0) is 11.3 Å². The van der Waals surface area contributed by atoms with Gasteiger partial charge in [-0.25, -0.2) is 19.9 Å². The summed E-state index contributed by atoms with van der Waals surface area (Å²) < 4.78 is 1.83. The first-order valence-electron chi connectivity index (χ1n) is 10.7. The Hall–Kier alpha value is -4.79. The lowest BCUT2D eigenvalue weighted by molar-refractivity contribution is -0.116. The maximum Gasteiger partial charge on any atom is 0.244 e. The van der Waals surface area contributed by atoms with Crippen molar-refractivity contribution >= 4 is 45.8 Å². The molecule has 3 N–H and O–H groups in total. The molecular weight excluding hydrogens is 428 g/mol. The highest BCUT2D eigenvalue weighted by Gasteiger charge is 2.08. The number of hydrogen-bond donors (Lipinski definition) is 3. The quantitative estimate of drug-likeness (QED) is 0.331. The summed E-state index contributed by atoms with van der Waals surface area (Å²) in [5.74, 6) is 2.49. The minimum atomic E-state index is -0.125. The lowest BCUT2D eigenvalue weighted by atomic mass is 10.2. The first-order chi connectivity index (χ1) is 16.6. The third-order valence-corrected chi connectivity index (χ3v) is 5.04. The summed E-state index contributed by atoms with van der Waals surface area (Å²) in [4.78, 5) is 30.0. The van der Waals surface area contributed by atoms with Gasteiger partial charge in [0.1, 0.15) is 29.8 Å². The van der Waals surface area contributed by atoms with Crippen LogP contribution in [0.5, 0.6) is 0 Å². The van der Waals surface area contributed by atoms with Gasteiger partial charge in [0.05, 0.1) is 17.4 Å². The Morgan fingerprint density at radius 2 is 1.56 bits per heavy atom. The number of para-hydroxylation sites is 2. The van der Waals surface area contributed by atoms with Gasteiger partial charge >= 0.3 is 0 Å². The second kappa shape index (κ2) is 9.37. The number of hydrogen-bond acceptors (Lipinski definition) is 7. The van der Waals surface area contributed by atoms with E-state index in [0.29, 0.717) is 29.0 Å². The van der Waals surface area contributed by atoms with Gasteiger partial charge in [-0.3, -0.25) is 4.79 Å². The van der Waals surface area contributed by atoms with Crippen molar-refractivity contribution in [3.63, 3.8) is 0 Å². The Balaban J connectivity index is 1.22. The molecule has 0 radical (unpaired) electrons. The zero-order valence-corrected chi connectivity index (χ0v) is 18.4. The number of amides is 1. The Morgan fingerprint density at radius 3 is 2.35 bits per heavy atom. The number of carbonyl (C=O) groups excluding carboxylic acids is 1. The van der Waals surface area contributed by atoms with Gasteiger partial charge in [-0.1, -0.05) is 18.2 Å². The van der Waals surface area contributed by atoms with E-state index >= 15 is 0 Å². The molecule has 1 amide bonds. The van der Waals surface area contributed by atoms with Gasteiger partial charge in [0.15, 0.2) is 0 Å². The Bertz CT molecular complexity index is 1430. The summed E-state index contributed by atoms with van der Waals surface area (Å²) in [6.07, 6.45) is 3.39. The zero-order valence-electron chi connectivity index (χ0n) is 18.4. The number of anilines is 5. The van der Waals surface area contributed by atoms with Crippen LogP contribution in [0.15, 0.2) is 85.3 Å². The van der Waals surface area contributed by atoms with Gasteiger partial charge in [0.2, 0.25) is 5.91 Å². The Kier molecular flexibility index (Phi) is 5.81. The highest BCUT2D eigenvalue weighted by atomic mass is 16.1. The molecule has 2 aromatic carbocycles. The van der Waals surface area contributed by atoms with Crippen LogP contribution >= 0.6 is 0 Å². The molecule has 3 aromatic heterocycles. The normalized spacial score (nSPS) is 10.7. The fourth-order valence-electron chi connectivity index (χ4n) is 3.54. The maximum atomic E-state index is 12.5. The third kappa shape index (κ3) is 4.99. The standard InChI is InChI=1S/C25H22N8O/c1-17-28-23(14-24(29-17)32-22-8-4-5-13-26-22)30-18-9-11-19(12-10-18)31-25(34)15-33-16-27-20-6-2-3-7-21(20)33/h2-14,16H,15H2,1H3,(H,31,34)(H2,26,28,29,30,32). The molecule has 34 heavy (non-hydrogen) atoms. The molecule has 0 saturated heterocycles. The number of benzene rings is 2. The number of imidazole rings is 1. The lowest BCUT2D eigenvalue weighted by Gasteiger charge is -2.11. The average Bonchev–Trinajstić information content (AvgIpc) is 3.23. The van der Waals surface area contributed by atoms with E-state index in [-0.39, 0.29) is 12.5 Å². The first-order valence-corrected chi connectivity index (χ1v) is 10.7. The molecule has 0 aliphatic carbocycles. The van der Waals surface area contributed by atoms with E-state index in [2.05, 4.69) is 35.9 Å². The molecule has 0 bridgehead atoms. The summed E-state index contributed by atoms with van der Waals surface area (Å²) in [6, 6.07) is 22.6. The predicted octanol–water partition coefficient (Wildman–Crippen LogP) is 4.66. The van der Waals surface area contributed by atoms with Crippen LogP contribution in [0.3, 0.4) is 0 Å². The van der Waals surface area contributed by atoms with Crippen molar-refractivity contribution in [2.45, 2.75) is 13.5 Å². The minimum Gasteiger partial charge on any atom is -0.340 e. The SMILES string of the molecule is Cc1nc(Nc2ccc(NC(=O)Cn3cnc4ccccc43)cc2)cc(Nc2ccccn2)n1. The summed E-state index contributed by atoms with van der Waals surface area (Å²) >= 11 is 0. The van der Waals surface area contributed by atoms with Crippen molar-refractivity contribution in [2.24, 2.45) is 0 Å². The van der Waals surface area contributed by atoms with Crippen LogP contribution in [0.1, 0.15) is 5.82 Å². The number of carbonyl (C=O) groups is 1. The van der Waals surface area contributed by atoms with Crippen molar-refractivity contribution in [1.82, 2.24) is 24.5 Å². The molecule has 168 valence electrons. The number of nitrogens with zero attached hydrogens (tertiary/aromatic N) is 5. The van der Waals surface area contributed by atoms with Crippen molar-refractivity contribution < 1.29 is 4.79 Å². The first kappa shape index (κ1) is 21.1. The molecule has 0 aliphatic heterocycles. The molecule has 9 nitrogen and oxygen atoms in total. The number of nitrogens with one attached hydrogen (secondary N) is 3. The topological polar surface area (TPSA) is 110 Å². The molecule has 9 heteroatoms. The van der Waals surface area contributed by atoms with E-state index in [1.54, 1.807) is 12.5 Å². The number of fused-ring (bicyclic) bond motifs is 1. The molecule has 0 fully saturated rings. The smallest absolute Gasteiger partial charge is 0.244 e. The molecule has 0 spiro atoms. The molecule has 0 atom stereocenters. The van der Waals surface area contributed by atoms with Crippen molar-refractivity contribution in [3.05, 3.63) is 91.1 Å². The van der Waals surface area contributed by atoms with Crippen molar-refractivity contribution in [2.75, 3.05) is 16.0 Å². The molecule has 0 saturated carbocycles. The van der Waals surface area contributed by atoms with E-state index in [4.69, 9.17) is 0 Å². The molecule has 0 unspecified atom stereocenters. The van der Waals surface area contributed by atoms with Gasteiger partial charge in [-0.15, -0.1) is 0 Å². The summed E-state index contributed by atoms with van der Waals surface area (Å²) in [5, 5.41) is 9.37. The van der Waals surface area contributed by atoms with Crippen LogP contribution in [0.2, 0.25) is 0 Å². The van der Waals surface area contributed by atoms with Gasteiger partial charge in [0.25, 0.3) is 0 Å². The number of rotatable bonds is 7. The number of aromatic nitrogens is 5. The lowest BCUT2D eigenvalue weighted by Crippen LogP contribution is -2.18. The monoisotopic (exact) mass is 450 g/mol. The van der Waals surface area contributed by atoms with Crippen molar-refractivity contribution in [3.8, 4) is 0 Å². The maximum absolute atomic E-state index is 12.5. The van der Waals surface area contributed by atoms with Crippen LogP contribution in [-0.4, -0.2) is 30.4 Å². The van der Waals surface area contributed by atoms with Gasteiger partial charge in [-0.05, 0) is 55.5 Å². The highest BCUT2D eigenvalue weighted by Crippen LogP contribution is 2.21. The van der Waals surface area contributed by atoms with E-state index in [9.17, 15) is 4.79 Å². The average molecular weight is 451 g/mol. The molecular formula is C25H22N8O. The minimum absolute atomic E-state index is 0.125. The number of aryl methyl sites for hydroxylation is 1. The Morgan fingerprint density at radius 1 is 0.824 bits per heavy atom. The van der Waals surface area contributed by atoms with Crippen molar-refractivity contribution in [1.29, 1.82) is 0 Å². The predicted molar refractivity (Wildman–Crippen MR) is 132 cm³/mol. The fraction of sp³-hybridized carbons (Fsp3) is 0.0800. The highest BCUT2D eigenvalue weighted by molar-refractivity contribution is 5.91. The van der Waals surface area contributed by atoms with Crippen LogP contribution in [0.4, 0.5) is 28.8 Å². The van der Waals surface area contributed by atoms with Gasteiger partial charge < -0.3 is 20.5 Å². The van der Waals surface area contributed by atoms with E-state index in [0.717, 1.165) is 16.7 Å². The fourth-order valence-corrected chi connectivity index (χ4v) is 3.54. The van der Waals surface area contributed by atoms with Crippen LogP contribution in [0.25, 0.3) is 11.0 Å². The largest absolute Gasteiger partial charge is 0.340 e. The molecule has 5 aromatic rings. The zero-order chi connectivity index (χ0) is 23.3. The molecule has 5 rings (SSSR count). The van der Waals surface area contributed by atoms with E-state index in [1.807, 2.05) is 84.3 Å².